The van der Waals surface area contributed by atoms with Gasteiger partial charge in [-0.1, -0.05) is 57.2 Å². The third-order valence-electron chi connectivity index (χ3n) is 3.05. The molecule has 0 aromatic carbocycles. The molecule has 0 spiro atoms. The standard InChI is InChI=1S/C10H18F2.C2H3F3.C2H6.CH3I/c1-7(2)9-4-5-10(11,12)6-8(9)3;1-2(3,4)5;2*1-2/h7-9H,4-6H2,1-3H3;1H3;1-2H3;1H3. The summed E-state index contributed by atoms with van der Waals surface area (Å²) < 4.78 is 56.8. The Morgan fingerprint density at radius 3 is 1.67 bits per heavy atom. The molecule has 1 rings (SSSR count). The van der Waals surface area contributed by atoms with Gasteiger partial charge in [0.15, 0.2) is 0 Å². The number of hydrogen-bond donors (Lipinski definition) is 0. The zero-order valence-electron chi connectivity index (χ0n) is 14.1. The zero-order chi connectivity index (χ0) is 17.9. The number of hydrogen-bond acceptors (Lipinski definition) is 0. The SMILES string of the molecule is CC.CC(C)C1CCC(F)(F)CC1C.CC(F)(F)F.CI. The Labute approximate surface area is 140 Å². The molecule has 0 aliphatic heterocycles. The third-order valence-corrected chi connectivity index (χ3v) is 3.05. The molecule has 132 valence electrons. The van der Waals surface area contributed by atoms with Gasteiger partial charge in [0.25, 0.3) is 0 Å². The Morgan fingerprint density at radius 1 is 1.10 bits per heavy atom. The maximum Gasteiger partial charge on any atom is 0.386 e. The Kier molecular flexibility index (Phi) is 16.1. The second kappa shape index (κ2) is 12.9. The third kappa shape index (κ3) is 18.3. The van der Waals surface area contributed by atoms with E-state index in [1.165, 1.54) is 0 Å². The molecule has 2 atom stereocenters. The molecule has 0 heterocycles. The fraction of sp³-hybridized carbons (Fsp3) is 1.00. The first-order chi connectivity index (χ1) is 9.42. The van der Waals surface area contributed by atoms with Crippen molar-refractivity contribution in [1.82, 2.24) is 0 Å². The fourth-order valence-electron chi connectivity index (χ4n) is 2.38. The van der Waals surface area contributed by atoms with Crippen molar-refractivity contribution in [1.29, 1.82) is 0 Å². The molecular weight excluding hydrogens is 402 g/mol. The van der Waals surface area contributed by atoms with Crippen LogP contribution < -0.4 is 0 Å². The quantitative estimate of drug-likeness (QED) is 0.231. The van der Waals surface area contributed by atoms with E-state index < -0.39 is 12.1 Å². The van der Waals surface area contributed by atoms with Gasteiger partial charge in [-0.2, -0.15) is 13.2 Å². The average Bonchev–Trinajstić information content (AvgIpc) is 2.30. The summed E-state index contributed by atoms with van der Waals surface area (Å²) >= 11 is 2.15. The second-order valence-corrected chi connectivity index (χ2v) is 5.27. The first kappa shape index (κ1) is 26.3. The van der Waals surface area contributed by atoms with Gasteiger partial charge in [-0.25, -0.2) is 8.78 Å². The molecule has 1 aliphatic rings. The van der Waals surface area contributed by atoms with Gasteiger partial charge in [0, 0.05) is 19.8 Å². The van der Waals surface area contributed by atoms with Crippen LogP contribution in [0.15, 0.2) is 0 Å². The molecule has 0 aromatic rings. The molecule has 0 saturated heterocycles. The predicted octanol–water partition coefficient (Wildman–Crippen LogP) is 7.36. The van der Waals surface area contributed by atoms with Crippen molar-refractivity contribution in [3.63, 3.8) is 0 Å². The molecule has 0 nitrogen and oxygen atoms in total. The minimum atomic E-state index is -4.00. The molecule has 2 unspecified atom stereocenters. The van der Waals surface area contributed by atoms with Crippen LogP contribution in [0.4, 0.5) is 22.0 Å². The number of halogens is 6. The van der Waals surface area contributed by atoms with Gasteiger partial charge in [-0.05, 0) is 29.1 Å². The van der Waals surface area contributed by atoms with Gasteiger partial charge in [0.05, 0.1) is 0 Å². The smallest absolute Gasteiger partial charge is 0.207 e. The van der Waals surface area contributed by atoms with Crippen LogP contribution in [0.25, 0.3) is 0 Å². The lowest BCUT2D eigenvalue weighted by molar-refractivity contribution is -0.110. The van der Waals surface area contributed by atoms with Crippen LogP contribution in [0.5, 0.6) is 0 Å². The highest BCUT2D eigenvalue weighted by Crippen LogP contribution is 2.42. The highest BCUT2D eigenvalue weighted by Gasteiger charge is 2.40. The molecule has 0 aromatic heterocycles. The second-order valence-electron chi connectivity index (χ2n) is 5.27. The maximum atomic E-state index is 12.9. The van der Waals surface area contributed by atoms with E-state index in [-0.39, 0.29) is 25.7 Å². The van der Waals surface area contributed by atoms with Crippen LogP contribution in [0.3, 0.4) is 0 Å². The number of alkyl halides is 6. The summed E-state index contributed by atoms with van der Waals surface area (Å²) in [5.74, 6) is -1.14. The normalized spacial score (nSPS) is 23.7. The van der Waals surface area contributed by atoms with Gasteiger partial charge in [-0.3, -0.25) is 0 Å². The lowest BCUT2D eigenvalue weighted by Crippen LogP contribution is -2.33. The molecule has 0 N–H and O–H groups in total. The van der Waals surface area contributed by atoms with Crippen molar-refractivity contribution in [3.8, 4) is 0 Å². The van der Waals surface area contributed by atoms with Gasteiger partial charge in [0.1, 0.15) is 0 Å². The average molecular weight is 432 g/mol. The molecule has 0 radical (unpaired) electrons. The molecule has 0 bridgehead atoms. The van der Waals surface area contributed by atoms with E-state index in [1.807, 2.05) is 25.7 Å². The van der Waals surface area contributed by atoms with Gasteiger partial charge in [0.2, 0.25) is 5.92 Å². The zero-order valence-corrected chi connectivity index (χ0v) is 16.3. The van der Waals surface area contributed by atoms with E-state index in [9.17, 15) is 22.0 Å². The van der Waals surface area contributed by atoms with Crippen molar-refractivity contribution in [2.45, 2.75) is 72.9 Å². The summed E-state index contributed by atoms with van der Waals surface area (Å²) in [5.41, 5.74) is 0. The van der Waals surface area contributed by atoms with Crippen molar-refractivity contribution in [3.05, 3.63) is 0 Å². The van der Waals surface area contributed by atoms with Crippen LogP contribution in [0.1, 0.15) is 60.8 Å². The van der Waals surface area contributed by atoms with E-state index in [0.717, 1.165) is 0 Å². The molecule has 6 heteroatoms. The van der Waals surface area contributed by atoms with Gasteiger partial charge >= 0.3 is 6.18 Å². The summed E-state index contributed by atoms with van der Waals surface area (Å²) in [7, 11) is 0. The molecule has 1 fully saturated rings. The highest BCUT2D eigenvalue weighted by atomic mass is 127. The molecule has 1 aliphatic carbocycles. The maximum absolute atomic E-state index is 12.9. The Bertz CT molecular complexity index is 221. The lowest BCUT2D eigenvalue weighted by atomic mass is 9.73. The molecule has 1 saturated carbocycles. The summed E-state index contributed by atoms with van der Waals surface area (Å²) in [4.78, 5) is 1.97. The van der Waals surface area contributed by atoms with E-state index in [2.05, 4.69) is 36.4 Å². The Morgan fingerprint density at radius 2 is 1.43 bits per heavy atom. The van der Waals surface area contributed by atoms with E-state index >= 15 is 0 Å². The van der Waals surface area contributed by atoms with Crippen LogP contribution in [-0.2, 0) is 0 Å². The van der Waals surface area contributed by atoms with Crippen molar-refractivity contribution in [2.75, 3.05) is 4.93 Å². The van der Waals surface area contributed by atoms with E-state index in [4.69, 9.17) is 0 Å². The van der Waals surface area contributed by atoms with Crippen LogP contribution in [-0.4, -0.2) is 17.0 Å². The minimum absolute atomic E-state index is 0.0931. The van der Waals surface area contributed by atoms with Gasteiger partial charge in [-0.15, -0.1) is 0 Å². The largest absolute Gasteiger partial charge is 0.386 e. The van der Waals surface area contributed by atoms with Gasteiger partial charge < -0.3 is 0 Å². The van der Waals surface area contributed by atoms with Crippen LogP contribution in [0.2, 0.25) is 0 Å². The van der Waals surface area contributed by atoms with Crippen LogP contribution in [0, 0.1) is 17.8 Å². The first-order valence-corrected chi connectivity index (χ1v) is 9.40. The lowest BCUT2D eigenvalue weighted by Gasteiger charge is -2.36. The predicted molar refractivity (Wildman–Crippen MR) is 89.3 cm³/mol. The minimum Gasteiger partial charge on any atom is -0.207 e. The monoisotopic (exact) mass is 432 g/mol. The Balaban J connectivity index is -0.000000304. The van der Waals surface area contributed by atoms with Crippen LogP contribution >= 0.6 is 22.6 Å². The summed E-state index contributed by atoms with van der Waals surface area (Å²) in [6.07, 6.45) is -3.11. The van der Waals surface area contributed by atoms with Crippen molar-refractivity contribution < 1.29 is 22.0 Å². The van der Waals surface area contributed by atoms with E-state index in [0.29, 0.717) is 18.3 Å². The number of rotatable bonds is 1. The summed E-state index contributed by atoms with van der Waals surface area (Å²) in [6.45, 7) is 10.4. The highest BCUT2D eigenvalue weighted by molar-refractivity contribution is 14.1. The van der Waals surface area contributed by atoms with Crippen molar-refractivity contribution in [2.24, 2.45) is 17.8 Å². The summed E-state index contributed by atoms with van der Waals surface area (Å²) in [6, 6.07) is 0. The Hall–Kier alpha value is 0.380. The molecular formula is C15H30F5I. The summed E-state index contributed by atoms with van der Waals surface area (Å²) in [5, 5.41) is 0. The molecule has 21 heavy (non-hydrogen) atoms. The van der Waals surface area contributed by atoms with Crippen molar-refractivity contribution >= 4 is 22.6 Å². The molecule has 0 amide bonds. The fourth-order valence-corrected chi connectivity index (χ4v) is 2.38. The van der Waals surface area contributed by atoms with E-state index in [1.54, 1.807) is 0 Å². The first-order valence-electron chi connectivity index (χ1n) is 7.25. The topological polar surface area (TPSA) is 0 Å².